The first-order valence-electron chi connectivity index (χ1n) is 7.77. The molecule has 0 N–H and O–H groups in total. The zero-order chi connectivity index (χ0) is 14.3. The van der Waals surface area contributed by atoms with Crippen molar-refractivity contribution < 1.29 is 8.42 Å². The fourth-order valence-corrected chi connectivity index (χ4v) is 3.50. The Bertz CT molecular complexity index is 330. The van der Waals surface area contributed by atoms with Crippen molar-refractivity contribution in [2.75, 3.05) is 31.6 Å². The average molecular weight is 289 g/mol. The number of likely N-dealkylation sites (tertiary alicyclic amines) is 1. The van der Waals surface area contributed by atoms with E-state index < -0.39 is 9.84 Å². The van der Waals surface area contributed by atoms with Crippen LogP contribution in [-0.2, 0) is 9.84 Å². The van der Waals surface area contributed by atoms with E-state index in [1.54, 1.807) is 0 Å². The molecule has 0 aromatic carbocycles. The Morgan fingerprint density at radius 2 is 1.79 bits per heavy atom. The SMILES string of the molecule is CC(C)CCC1CCN(CCCCS(C)(=O)=O)CC1. The predicted molar refractivity (Wildman–Crippen MR) is 82.2 cm³/mol. The van der Waals surface area contributed by atoms with Crippen LogP contribution in [0.4, 0.5) is 0 Å². The van der Waals surface area contributed by atoms with Gasteiger partial charge >= 0.3 is 0 Å². The van der Waals surface area contributed by atoms with Crippen molar-refractivity contribution in [2.45, 2.75) is 52.4 Å². The first kappa shape index (κ1) is 17.0. The Hall–Kier alpha value is -0.0900. The molecule has 1 fully saturated rings. The van der Waals surface area contributed by atoms with E-state index in [-0.39, 0.29) is 0 Å². The predicted octanol–water partition coefficient (Wildman–Crippen LogP) is 2.96. The van der Waals surface area contributed by atoms with Crippen LogP contribution in [0.1, 0.15) is 52.4 Å². The van der Waals surface area contributed by atoms with Crippen LogP contribution in [0.3, 0.4) is 0 Å². The van der Waals surface area contributed by atoms with E-state index in [9.17, 15) is 8.42 Å². The van der Waals surface area contributed by atoms with Crippen molar-refractivity contribution >= 4 is 9.84 Å². The summed E-state index contributed by atoms with van der Waals surface area (Å²) in [5, 5.41) is 0. The minimum absolute atomic E-state index is 0.345. The lowest BCUT2D eigenvalue weighted by Gasteiger charge is -2.32. The van der Waals surface area contributed by atoms with Crippen molar-refractivity contribution in [2.24, 2.45) is 11.8 Å². The van der Waals surface area contributed by atoms with E-state index in [2.05, 4.69) is 18.7 Å². The number of nitrogens with zero attached hydrogens (tertiary/aromatic N) is 1. The van der Waals surface area contributed by atoms with Gasteiger partial charge in [0.05, 0.1) is 0 Å². The van der Waals surface area contributed by atoms with E-state index in [4.69, 9.17) is 0 Å². The molecule has 0 amide bonds. The molecule has 0 aromatic heterocycles. The summed E-state index contributed by atoms with van der Waals surface area (Å²) in [5.74, 6) is 2.10. The largest absolute Gasteiger partial charge is 0.303 e. The second kappa shape index (κ2) is 8.25. The highest BCUT2D eigenvalue weighted by molar-refractivity contribution is 7.90. The van der Waals surface area contributed by atoms with Crippen molar-refractivity contribution in [3.8, 4) is 0 Å². The molecule has 1 aliphatic rings. The van der Waals surface area contributed by atoms with Crippen LogP contribution in [0.5, 0.6) is 0 Å². The van der Waals surface area contributed by atoms with Crippen LogP contribution in [0.15, 0.2) is 0 Å². The van der Waals surface area contributed by atoms with Gasteiger partial charge in [-0.1, -0.05) is 26.7 Å². The highest BCUT2D eigenvalue weighted by Crippen LogP contribution is 2.23. The summed E-state index contributed by atoms with van der Waals surface area (Å²) in [6.07, 6.45) is 8.57. The highest BCUT2D eigenvalue weighted by atomic mass is 32.2. The van der Waals surface area contributed by atoms with E-state index in [1.807, 2.05) is 0 Å². The lowest BCUT2D eigenvalue weighted by Crippen LogP contribution is -2.34. The molecule has 1 saturated heterocycles. The van der Waals surface area contributed by atoms with Gasteiger partial charge in [-0.3, -0.25) is 0 Å². The van der Waals surface area contributed by atoms with Gasteiger partial charge in [-0.2, -0.15) is 0 Å². The van der Waals surface area contributed by atoms with E-state index >= 15 is 0 Å². The van der Waals surface area contributed by atoms with Crippen LogP contribution < -0.4 is 0 Å². The van der Waals surface area contributed by atoms with Gasteiger partial charge in [0, 0.05) is 12.0 Å². The summed E-state index contributed by atoms with van der Waals surface area (Å²) in [5.41, 5.74) is 0. The molecule has 1 heterocycles. The van der Waals surface area contributed by atoms with Gasteiger partial charge in [0.1, 0.15) is 9.84 Å². The first-order valence-corrected chi connectivity index (χ1v) is 9.83. The van der Waals surface area contributed by atoms with Crippen LogP contribution in [-0.4, -0.2) is 45.0 Å². The molecular formula is C15H31NO2S. The summed E-state index contributed by atoms with van der Waals surface area (Å²) in [7, 11) is -2.77. The van der Waals surface area contributed by atoms with Crippen molar-refractivity contribution in [3.63, 3.8) is 0 Å². The van der Waals surface area contributed by atoms with E-state index in [0.29, 0.717) is 5.75 Å². The zero-order valence-electron chi connectivity index (χ0n) is 12.9. The number of sulfone groups is 1. The Balaban J connectivity index is 2.07. The van der Waals surface area contributed by atoms with Gasteiger partial charge in [-0.05, 0) is 57.2 Å². The molecule has 0 unspecified atom stereocenters. The highest BCUT2D eigenvalue weighted by Gasteiger charge is 2.18. The Kier molecular flexibility index (Phi) is 7.37. The molecule has 0 atom stereocenters. The first-order chi connectivity index (χ1) is 8.87. The van der Waals surface area contributed by atoms with Gasteiger partial charge in [-0.15, -0.1) is 0 Å². The summed E-state index contributed by atoms with van der Waals surface area (Å²) in [6.45, 7) is 8.10. The van der Waals surface area contributed by atoms with Gasteiger partial charge in [0.2, 0.25) is 0 Å². The van der Waals surface area contributed by atoms with Crippen LogP contribution >= 0.6 is 0 Å². The molecule has 0 aromatic rings. The van der Waals surface area contributed by atoms with Crippen LogP contribution in [0, 0.1) is 11.8 Å². The third kappa shape index (κ3) is 8.64. The second-order valence-corrected chi connectivity index (χ2v) is 8.85. The molecule has 19 heavy (non-hydrogen) atoms. The molecule has 1 rings (SSSR count). The number of hydrogen-bond acceptors (Lipinski definition) is 3. The van der Waals surface area contributed by atoms with Crippen LogP contribution in [0.25, 0.3) is 0 Å². The maximum Gasteiger partial charge on any atom is 0.147 e. The minimum Gasteiger partial charge on any atom is -0.303 e. The Morgan fingerprint density at radius 3 is 2.32 bits per heavy atom. The fourth-order valence-electron chi connectivity index (χ4n) is 2.77. The molecule has 4 heteroatoms. The number of unbranched alkanes of at least 4 members (excludes halogenated alkanes) is 1. The lowest BCUT2D eigenvalue weighted by molar-refractivity contribution is 0.173. The standard InChI is InChI=1S/C15H31NO2S/c1-14(2)6-7-15-8-11-16(12-9-15)10-4-5-13-19(3,17)18/h14-15H,4-13H2,1-3H3. The third-order valence-corrected chi connectivity index (χ3v) is 5.13. The Labute approximate surface area is 119 Å². The van der Waals surface area contributed by atoms with Crippen LogP contribution in [0.2, 0.25) is 0 Å². The average Bonchev–Trinajstić information content (AvgIpc) is 2.32. The Morgan fingerprint density at radius 1 is 1.16 bits per heavy atom. The smallest absolute Gasteiger partial charge is 0.147 e. The minimum atomic E-state index is -2.77. The molecule has 0 saturated carbocycles. The van der Waals surface area contributed by atoms with Gasteiger partial charge in [0.15, 0.2) is 0 Å². The molecule has 0 spiro atoms. The van der Waals surface area contributed by atoms with Gasteiger partial charge in [0.25, 0.3) is 0 Å². The zero-order valence-corrected chi connectivity index (χ0v) is 13.7. The molecular weight excluding hydrogens is 258 g/mol. The summed E-state index contributed by atoms with van der Waals surface area (Å²) < 4.78 is 22.1. The van der Waals surface area contributed by atoms with Crippen molar-refractivity contribution in [3.05, 3.63) is 0 Å². The molecule has 3 nitrogen and oxygen atoms in total. The number of piperidine rings is 1. The molecule has 0 bridgehead atoms. The maximum atomic E-state index is 11.0. The lowest BCUT2D eigenvalue weighted by atomic mass is 9.89. The van der Waals surface area contributed by atoms with Crippen molar-refractivity contribution in [1.29, 1.82) is 0 Å². The molecule has 0 aliphatic carbocycles. The van der Waals surface area contributed by atoms with E-state index in [1.165, 1.54) is 45.0 Å². The summed E-state index contributed by atoms with van der Waals surface area (Å²) >= 11 is 0. The van der Waals surface area contributed by atoms with Gasteiger partial charge in [-0.25, -0.2) is 8.42 Å². The number of hydrogen-bond donors (Lipinski definition) is 0. The van der Waals surface area contributed by atoms with Gasteiger partial charge < -0.3 is 4.90 Å². The summed E-state index contributed by atoms with van der Waals surface area (Å²) in [6, 6.07) is 0. The molecule has 114 valence electrons. The van der Waals surface area contributed by atoms with Crippen molar-refractivity contribution in [1.82, 2.24) is 4.90 Å². The number of rotatable bonds is 8. The second-order valence-electron chi connectivity index (χ2n) is 6.59. The molecule has 1 aliphatic heterocycles. The van der Waals surface area contributed by atoms with E-state index in [0.717, 1.165) is 31.2 Å². The molecule has 0 radical (unpaired) electrons. The topological polar surface area (TPSA) is 37.4 Å². The summed E-state index contributed by atoms with van der Waals surface area (Å²) in [4.78, 5) is 2.51. The maximum absolute atomic E-state index is 11.0. The fraction of sp³-hybridized carbons (Fsp3) is 1.00. The monoisotopic (exact) mass is 289 g/mol. The third-order valence-electron chi connectivity index (χ3n) is 4.10. The quantitative estimate of drug-likeness (QED) is 0.645. The normalized spacial score (nSPS) is 19.2.